The minimum atomic E-state index is -0.724. The van der Waals surface area contributed by atoms with E-state index < -0.39 is 36.0 Å². The van der Waals surface area contributed by atoms with Gasteiger partial charge >= 0.3 is 11.8 Å². The van der Waals surface area contributed by atoms with E-state index in [9.17, 15) is 28.8 Å². The first kappa shape index (κ1) is 49.1. The molecule has 2 aliphatic carbocycles. The van der Waals surface area contributed by atoms with Gasteiger partial charge in [-0.25, -0.2) is 14.6 Å². The largest absolute Gasteiger partial charge is 0.450 e. The Morgan fingerprint density at radius 3 is 1.97 bits per heavy atom. The zero-order valence-corrected chi connectivity index (χ0v) is 36.2. The molecule has 3 saturated heterocycles. The highest BCUT2D eigenvalue weighted by Crippen LogP contribution is 2.30. The van der Waals surface area contributed by atoms with E-state index in [2.05, 4.69) is 26.3 Å². The van der Waals surface area contributed by atoms with Crippen LogP contribution < -0.4 is 27.0 Å². The predicted molar refractivity (Wildman–Crippen MR) is 235 cm³/mol. The molecule has 5 aliphatic rings. The summed E-state index contributed by atoms with van der Waals surface area (Å²) < 4.78 is 26.3. The fraction of sp³-hybridized carbons (Fsp3) is 0.689. The molecule has 348 valence electrons. The van der Waals surface area contributed by atoms with E-state index in [1.165, 1.54) is 12.8 Å². The summed E-state index contributed by atoms with van der Waals surface area (Å²) in [5, 5.41) is 12.2. The summed E-state index contributed by atoms with van der Waals surface area (Å²) in [5.41, 5.74) is 0.407. The fourth-order valence-electron chi connectivity index (χ4n) is 8.84. The highest BCUT2D eigenvalue weighted by atomic mass is 16.5. The van der Waals surface area contributed by atoms with Gasteiger partial charge in [-0.05, 0) is 57.6 Å². The van der Waals surface area contributed by atoms with E-state index >= 15 is 0 Å². The Morgan fingerprint density at radius 1 is 0.825 bits per heavy atom. The van der Waals surface area contributed by atoms with Crippen LogP contribution in [-0.4, -0.2) is 128 Å². The molecule has 1 aromatic carbocycles. The minimum absolute atomic E-state index is 0. The Kier molecular flexibility index (Phi) is 18.9. The van der Waals surface area contributed by atoms with E-state index in [1.54, 1.807) is 39.0 Å². The molecule has 2 aromatic rings. The molecule has 5 fully saturated rings. The number of rotatable bonds is 12. The number of ketones is 2. The highest BCUT2D eigenvalue weighted by molar-refractivity contribution is 5.98. The fourth-order valence-corrected chi connectivity index (χ4v) is 8.84. The lowest BCUT2D eigenvalue weighted by Crippen LogP contribution is -2.52. The lowest BCUT2D eigenvalue weighted by molar-refractivity contribution is -0.127. The van der Waals surface area contributed by atoms with Crippen molar-refractivity contribution >= 4 is 52.2 Å². The summed E-state index contributed by atoms with van der Waals surface area (Å²) in [6.07, 6.45) is 11.1. The molecule has 18 heteroatoms. The van der Waals surface area contributed by atoms with Gasteiger partial charge in [0, 0.05) is 13.1 Å². The summed E-state index contributed by atoms with van der Waals surface area (Å²) >= 11 is 0. The summed E-state index contributed by atoms with van der Waals surface area (Å²) in [7, 11) is 0. The smallest absolute Gasteiger partial charge is 0.441 e. The van der Waals surface area contributed by atoms with Crippen molar-refractivity contribution < 1.29 is 47.3 Å². The standard InChI is InChI=1S/C22H36N4O6.C22H27N3O5.CH4/c1-3-31-22(29)25-21(26-9-11-30-12-10-26)23-17(13-16-7-5-4-6-8-16)20(28)24-19-15(2)32-14-18(19)27;1-13-19(17(26)12-29-13)24-21(27)16(11-14-7-3-2-4-8-14)23-20-15-9-5-6-10-18(15)30-22(28)25-20;/h15-17,19H,3-14H2,1-2H3,(H,24,28)(H,23,25,29);5-6,9-10,13-14,16,19H,2-4,7-8,11-12H2,1H3,(H,24,27)(H,23,25,28);1H4/t15-,17-,19-;13-,16-,19-;/m00./s1. The number of hydrogen-bond acceptors (Lipinski definition) is 14. The van der Waals surface area contributed by atoms with Crippen LogP contribution in [0.3, 0.4) is 0 Å². The number of nitrogens with one attached hydrogen (secondary N) is 4. The van der Waals surface area contributed by atoms with E-state index in [1.807, 2.05) is 11.0 Å². The van der Waals surface area contributed by atoms with Crippen molar-refractivity contribution in [3.63, 3.8) is 0 Å². The second kappa shape index (κ2) is 24.2. The Morgan fingerprint density at radius 2 is 1.40 bits per heavy atom. The van der Waals surface area contributed by atoms with E-state index in [4.69, 9.17) is 28.4 Å². The maximum atomic E-state index is 13.3. The van der Waals surface area contributed by atoms with Gasteiger partial charge < -0.3 is 44.2 Å². The van der Waals surface area contributed by atoms with Gasteiger partial charge in [-0.1, -0.05) is 83.8 Å². The third-order valence-corrected chi connectivity index (χ3v) is 12.3. The number of carbonyl (C=O) groups excluding carboxylic acids is 5. The number of anilines is 1. The van der Waals surface area contributed by atoms with E-state index in [-0.39, 0.29) is 62.8 Å². The first-order chi connectivity index (χ1) is 30.0. The Labute approximate surface area is 369 Å². The molecule has 0 bridgehead atoms. The van der Waals surface area contributed by atoms with Gasteiger partial charge in [0.2, 0.25) is 17.8 Å². The Balaban J connectivity index is 0.000000234. The number of aliphatic imine (C=N–C) groups is 1. The molecule has 18 nitrogen and oxygen atoms in total. The molecule has 63 heavy (non-hydrogen) atoms. The molecule has 6 atom stereocenters. The van der Waals surface area contributed by atoms with Crippen molar-refractivity contribution in [1.82, 2.24) is 25.8 Å². The van der Waals surface area contributed by atoms with Crippen molar-refractivity contribution in [2.45, 2.75) is 142 Å². The van der Waals surface area contributed by atoms with Crippen LogP contribution >= 0.6 is 0 Å². The second-order valence-electron chi connectivity index (χ2n) is 16.9. The molecule has 1 aromatic heterocycles. The second-order valence-corrected chi connectivity index (χ2v) is 16.9. The molecule has 0 unspecified atom stereocenters. The zero-order valence-electron chi connectivity index (χ0n) is 36.2. The van der Waals surface area contributed by atoms with Crippen LogP contribution in [0.2, 0.25) is 0 Å². The highest BCUT2D eigenvalue weighted by Gasteiger charge is 2.38. The first-order valence-corrected chi connectivity index (χ1v) is 22.4. The number of para-hydroxylation sites is 1. The number of benzene rings is 1. The average Bonchev–Trinajstić information content (AvgIpc) is 3.77. The summed E-state index contributed by atoms with van der Waals surface area (Å²) in [5.74, 6) is -0.171. The number of carbonyl (C=O) groups is 5. The average molecular weight is 882 g/mol. The molecule has 3 aliphatic heterocycles. The van der Waals surface area contributed by atoms with E-state index in [0.717, 1.165) is 51.4 Å². The summed E-state index contributed by atoms with van der Waals surface area (Å²) in [6.45, 7) is 7.65. The number of guanidine groups is 1. The van der Waals surface area contributed by atoms with Crippen LogP contribution in [-0.2, 0) is 38.1 Å². The number of hydrogen-bond donors (Lipinski definition) is 4. The van der Waals surface area contributed by atoms with Gasteiger partial charge in [0.05, 0.1) is 37.4 Å². The van der Waals surface area contributed by atoms with Gasteiger partial charge in [-0.2, -0.15) is 4.98 Å². The van der Waals surface area contributed by atoms with Crippen molar-refractivity contribution in [3.8, 4) is 0 Å². The molecular formula is C45H67N7O11. The van der Waals surface area contributed by atoms with Crippen LogP contribution in [0.25, 0.3) is 11.0 Å². The van der Waals surface area contributed by atoms with Gasteiger partial charge in [-0.3, -0.25) is 24.5 Å². The summed E-state index contributed by atoms with van der Waals surface area (Å²) in [6, 6.07) is 4.41. The number of nitrogens with zero attached hydrogens (tertiary/aromatic N) is 3. The van der Waals surface area contributed by atoms with Gasteiger partial charge in [-0.15, -0.1) is 0 Å². The monoisotopic (exact) mass is 881 g/mol. The SMILES string of the molecule is C.CCOC(=O)NC(=N[C@@H](CC1CCCCC1)C(=O)N[C@@H]1C(=O)CO[C@H]1C)N1CCOCC1.C[C@@H]1OCC(=O)[C@H]1NC(=O)[C@H](CC1CCCCC1)Nc1nc(=O)oc2ccccc12. The number of alkyl carbamates (subject to hydrolysis) is 1. The van der Waals surface area contributed by atoms with Crippen LogP contribution in [0.4, 0.5) is 10.6 Å². The molecule has 2 saturated carbocycles. The topological polar surface area (TPSA) is 229 Å². The maximum Gasteiger partial charge on any atom is 0.441 e. The lowest BCUT2D eigenvalue weighted by atomic mass is 9.84. The third kappa shape index (κ3) is 14.0. The van der Waals surface area contributed by atoms with Crippen molar-refractivity contribution in [3.05, 3.63) is 34.8 Å². The maximum absolute atomic E-state index is 13.3. The molecule has 4 heterocycles. The first-order valence-electron chi connectivity index (χ1n) is 22.4. The number of morpholine rings is 1. The predicted octanol–water partition coefficient (Wildman–Crippen LogP) is 4.28. The van der Waals surface area contributed by atoms with Gasteiger partial charge in [0.25, 0.3) is 0 Å². The number of aromatic nitrogens is 1. The molecule has 4 N–H and O–H groups in total. The number of ether oxygens (including phenoxy) is 4. The number of fused-ring (bicyclic) bond motifs is 1. The Hall–Kier alpha value is -4.94. The van der Waals surface area contributed by atoms with Crippen LogP contribution in [0.1, 0.15) is 105 Å². The molecule has 3 amide bonds. The van der Waals surface area contributed by atoms with Crippen LogP contribution in [0, 0.1) is 11.8 Å². The number of Topliss-reactive ketones (excluding diaryl/α,β-unsaturated/α-hetero) is 2. The number of amides is 3. The Bertz CT molecular complexity index is 1940. The molecule has 7 rings (SSSR count). The molecule has 0 radical (unpaired) electrons. The normalized spacial score (nSPS) is 24.4. The quantitative estimate of drug-likeness (QED) is 0.172. The molecular weight excluding hydrogens is 815 g/mol. The van der Waals surface area contributed by atoms with Crippen LogP contribution in [0.15, 0.2) is 38.5 Å². The van der Waals surface area contributed by atoms with Gasteiger partial charge in [0.15, 0.2) is 11.6 Å². The van der Waals surface area contributed by atoms with E-state index in [0.29, 0.717) is 73.7 Å². The summed E-state index contributed by atoms with van der Waals surface area (Å²) in [4.78, 5) is 85.4. The minimum Gasteiger partial charge on any atom is -0.450 e. The molecule has 0 spiro atoms. The zero-order chi connectivity index (χ0) is 44.0. The van der Waals surface area contributed by atoms with Crippen molar-refractivity contribution in [1.29, 1.82) is 0 Å². The van der Waals surface area contributed by atoms with Crippen LogP contribution in [0.5, 0.6) is 0 Å². The third-order valence-electron chi connectivity index (χ3n) is 12.3. The van der Waals surface area contributed by atoms with Gasteiger partial charge in [0.1, 0.15) is 48.8 Å². The van der Waals surface area contributed by atoms with Crippen molar-refractivity contribution in [2.75, 3.05) is 51.4 Å². The van der Waals surface area contributed by atoms with Crippen molar-refractivity contribution in [2.24, 2.45) is 16.8 Å². The lowest BCUT2D eigenvalue weighted by Gasteiger charge is -2.31.